The molecule has 0 bridgehead atoms. The number of rotatable bonds is 5. The van der Waals surface area contributed by atoms with E-state index in [0.29, 0.717) is 17.6 Å². The number of aryl methyl sites for hydroxylation is 1. The zero-order chi connectivity index (χ0) is 9.97. The van der Waals surface area contributed by atoms with Crippen LogP contribution in [0.25, 0.3) is 0 Å². The molecule has 1 heterocycles. The molecule has 1 saturated carbocycles. The van der Waals surface area contributed by atoms with Crippen LogP contribution in [-0.2, 0) is 11.2 Å². The molecule has 0 saturated heterocycles. The molecule has 1 aliphatic rings. The molecule has 1 aliphatic carbocycles. The average Bonchev–Trinajstić information content (AvgIpc) is 2.91. The van der Waals surface area contributed by atoms with E-state index in [0.717, 1.165) is 12.8 Å². The Morgan fingerprint density at radius 2 is 2.43 bits per heavy atom. The lowest BCUT2D eigenvalue weighted by molar-refractivity contribution is -0.122. The van der Waals surface area contributed by atoms with Gasteiger partial charge in [0.15, 0.2) is 0 Å². The van der Waals surface area contributed by atoms with Gasteiger partial charge in [0.05, 0.1) is 0 Å². The summed E-state index contributed by atoms with van der Waals surface area (Å²) in [5, 5.41) is 2.07. The highest BCUT2D eigenvalue weighted by molar-refractivity contribution is 7.09. The van der Waals surface area contributed by atoms with Crippen molar-refractivity contribution >= 4 is 17.1 Å². The summed E-state index contributed by atoms with van der Waals surface area (Å²) in [7, 11) is 0. The van der Waals surface area contributed by atoms with Crippen LogP contribution in [0, 0.1) is 11.8 Å². The van der Waals surface area contributed by atoms with E-state index in [2.05, 4.69) is 24.4 Å². The molecule has 0 spiro atoms. The van der Waals surface area contributed by atoms with Crippen molar-refractivity contribution in [3.8, 4) is 0 Å². The van der Waals surface area contributed by atoms with Crippen LogP contribution in [0.5, 0.6) is 0 Å². The molecule has 0 aliphatic heterocycles. The Bertz CT molecular complexity index is 298. The van der Waals surface area contributed by atoms with Crippen LogP contribution in [-0.4, -0.2) is 5.78 Å². The minimum absolute atomic E-state index is 0.315. The van der Waals surface area contributed by atoms with E-state index < -0.39 is 0 Å². The zero-order valence-corrected chi connectivity index (χ0v) is 9.35. The molecule has 1 nitrogen and oxygen atoms in total. The summed E-state index contributed by atoms with van der Waals surface area (Å²) >= 11 is 1.75. The number of thiophene rings is 1. The first-order valence-electron chi connectivity index (χ1n) is 5.32. The fourth-order valence-electron chi connectivity index (χ4n) is 1.79. The fourth-order valence-corrected chi connectivity index (χ4v) is 2.50. The quantitative estimate of drug-likeness (QED) is 0.725. The Kier molecular flexibility index (Phi) is 3.02. The van der Waals surface area contributed by atoms with Gasteiger partial charge in [0.1, 0.15) is 5.78 Å². The lowest BCUT2D eigenvalue weighted by Gasteiger charge is -2.07. The highest BCUT2D eigenvalue weighted by Crippen LogP contribution is 2.37. The van der Waals surface area contributed by atoms with Gasteiger partial charge >= 0.3 is 0 Å². The van der Waals surface area contributed by atoms with Crippen molar-refractivity contribution in [1.82, 2.24) is 0 Å². The molecule has 1 aromatic heterocycles. The minimum atomic E-state index is 0.315. The standard InChI is InChI=1S/C12H16OS/c1-9(10-4-5-10)12(13)7-6-11-3-2-8-14-11/h2-3,8-10H,4-7H2,1H3. The molecule has 0 aromatic carbocycles. The van der Waals surface area contributed by atoms with Gasteiger partial charge in [-0.15, -0.1) is 11.3 Å². The first-order chi connectivity index (χ1) is 6.77. The maximum atomic E-state index is 11.7. The maximum Gasteiger partial charge on any atom is 0.136 e. The molecule has 1 unspecified atom stereocenters. The molecule has 0 radical (unpaired) electrons. The largest absolute Gasteiger partial charge is 0.299 e. The third kappa shape index (κ3) is 2.44. The number of carbonyl (C=O) groups is 1. The second-order valence-electron chi connectivity index (χ2n) is 4.17. The Morgan fingerprint density at radius 3 is 3.00 bits per heavy atom. The van der Waals surface area contributed by atoms with Gasteiger partial charge < -0.3 is 0 Å². The van der Waals surface area contributed by atoms with Gasteiger partial charge in [-0.05, 0) is 36.6 Å². The van der Waals surface area contributed by atoms with Crippen LogP contribution in [0.15, 0.2) is 17.5 Å². The molecule has 1 atom stereocenters. The third-order valence-corrected chi connectivity index (χ3v) is 3.97. The first kappa shape index (κ1) is 9.91. The molecular formula is C12H16OS. The van der Waals surface area contributed by atoms with Gasteiger partial charge in [-0.3, -0.25) is 4.79 Å². The summed E-state index contributed by atoms with van der Waals surface area (Å²) in [5.41, 5.74) is 0. The number of hydrogen-bond donors (Lipinski definition) is 0. The zero-order valence-electron chi connectivity index (χ0n) is 8.53. The highest BCUT2D eigenvalue weighted by atomic mass is 32.1. The van der Waals surface area contributed by atoms with E-state index >= 15 is 0 Å². The maximum absolute atomic E-state index is 11.7. The summed E-state index contributed by atoms with van der Waals surface area (Å²) in [6, 6.07) is 4.16. The van der Waals surface area contributed by atoms with Crippen molar-refractivity contribution in [2.75, 3.05) is 0 Å². The van der Waals surface area contributed by atoms with Gasteiger partial charge in [-0.2, -0.15) is 0 Å². The lowest BCUT2D eigenvalue weighted by atomic mass is 9.97. The van der Waals surface area contributed by atoms with Crippen LogP contribution in [0.1, 0.15) is 31.1 Å². The Hall–Kier alpha value is -0.630. The highest BCUT2D eigenvalue weighted by Gasteiger charge is 2.31. The number of carbonyl (C=O) groups excluding carboxylic acids is 1. The number of ketones is 1. The fraction of sp³-hybridized carbons (Fsp3) is 0.583. The van der Waals surface area contributed by atoms with E-state index in [-0.39, 0.29) is 0 Å². The van der Waals surface area contributed by atoms with Crippen molar-refractivity contribution in [3.63, 3.8) is 0 Å². The molecule has 2 heteroatoms. The summed E-state index contributed by atoms with van der Waals surface area (Å²) < 4.78 is 0. The minimum Gasteiger partial charge on any atom is -0.299 e. The van der Waals surface area contributed by atoms with Crippen molar-refractivity contribution < 1.29 is 4.79 Å². The predicted octanol–water partition coefficient (Wildman–Crippen LogP) is 3.30. The van der Waals surface area contributed by atoms with Gasteiger partial charge in [-0.25, -0.2) is 0 Å². The topological polar surface area (TPSA) is 17.1 Å². The Balaban J connectivity index is 1.77. The molecular weight excluding hydrogens is 192 g/mol. The van der Waals surface area contributed by atoms with E-state index in [4.69, 9.17) is 0 Å². The van der Waals surface area contributed by atoms with Crippen molar-refractivity contribution in [2.24, 2.45) is 11.8 Å². The van der Waals surface area contributed by atoms with E-state index in [1.54, 1.807) is 11.3 Å². The molecule has 1 fully saturated rings. The van der Waals surface area contributed by atoms with Crippen LogP contribution in [0.3, 0.4) is 0 Å². The second kappa shape index (κ2) is 4.26. The number of hydrogen-bond acceptors (Lipinski definition) is 2. The average molecular weight is 208 g/mol. The van der Waals surface area contributed by atoms with E-state index in [1.165, 1.54) is 17.7 Å². The second-order valence-corrected chi connectivity index (χ2v) is 5.20. The summed E-state index contributed by atoms with van der Waals surface area (Å²) in [4.78, 5) is 13.1. The summed E-state index contributed by atoms with van der Waals surface area (Å²) in [5.74, 6) is 1.49. The Morgan fingerprint density at radius 1 is 1.64 bits per heavy atom. The predicted molar refractivity (Wildman–Crippen MR) is 59.5 cm³/mol. The van der Waals surface area contributed by atoms with Gasteiger partial charge in [0, 0.05) is 17.2 Å². The Labute approximate surface area is 89.1 Å². The molecule has 1 aromatic rings. The van der Waals surface area contributed by atoms with E-state index in [9.17, 15) is 4.79 Å². The SMILES string of the molecule is CC(C(=O)CCc1cccs1)C1CC1. The van der Waals surface area contributed by atoms with E-state index in [1.807, 2.05) is 0 Å². The van der Waals surface area contributed by atoms with Crippen LogP contribution < -0.4 is 0 Å². The van der Waals surface area contributed by atoms with Crippen molar-refractivity contribution in [3.05, 3.63) is 22.4 Å². The van der Waals surface area contributed by atoms with Crippen molar-refractivity contribution in [2.45, 2.75) is 32.6 Å². The smallest absolute Gasteiger partial charge is 0.136 e. The molecule has 2 rings (SSSR count). The molecule has 0 amide bonds. The van der Waals surface area contributed by atoms with Gasteiger partial charge in [0.25, 0.3) is 0 Å². The lowest BCUT2D eigenvalue weighted by Crippen LogP contribution is -2.13. The number of Topliss-reactive ketones (excluding diaryl/α,β-unsaturated/α-hetero) is 1. The van der Waals surface area contributed by atoms with Gasteiger partial charge in [0.2, 0.25) is 0 Å². The first-order valence-corrected chi connectivity index (χ1v) is 6.20. The third-order valence-electron chi connectivity index (χ3n) is 3.03. The normalized spacial score (nSPS) is 18.1. The van der Waals surface area contributed by atoms with Crippen molar-refractivity contribution in [1.29, 1.82) is 0 Å². The molecule has 76 valence electrons. The van der Waals surface area contributed by atoms with Crippen LogP contribution in [0.2, 0.25) is 0 Å². The molecule has 0 N–H and O–H groups in total. The van der Waals surface area contributed by atoms with Crippen LogP contribution in [0.4, 0.5) is 0 Å². The summed E-state index contributed by atoms with van der Waals surface area (Å²) in [6.45, 7) is 2.09. The monoisotopic (exact) mass is 208 g/mol. The molecule has 14 heavy (non-hydrogen) atoms. The van der Waals surface area contributed by atoms with Crippen LogP contribution >= 0.6 is 11.3 Å². The summed E-state index contributed by atoms with van der Waals surface area (Å²) in [6.07, 6.45) is 4.21. The van der Waals surface area contributed by atoms with Gasteiger partial charge in [-0.1, -0.05) is 13.0 Å².